The second kappa shape index (κ2) is 4.26. The lowest BCUT2D eigenvalue weighted by molar-refractivity contribution is -0.00523. The van der Waals surface area contributed by atoms with Crippen LogP contribution >= 0.6 is 0 Å². The topological polar surface area (TPSA) is 26.0 Å². The standard InChI is InChI=1S/C19H27N/c1-3-16-8-17(4-12(2)18(16)20)19-9-13-5-14(10-19)7-15(6-13)11-19/h4,8,13-15H,3,5-7,9-11,20H2,1-2H3. The largest absolute Gasteiger partial charge is 0.398 e. The summed E-state index contributed by atoms with van der Waals surface area (Å²) in [6.45, 7) is 4.42. The highest BCUT2D eigenvalue weighted by Crippen LogP contribution is 2.60. The van der Waals surface area contributed by atoms with Crippen LogP contribution in [-0.4, -0.2) is 0 Å². The van der Waals surface area contributed by atoms with Gasteiger partial charge in [-0.1, -0.05) is 19.1 Å². The second-order valence-electron chi connectivity index (χ2n) is 7.92. The highest BCUT2D eigenvalue weighted by Gasteiger charge is 2.51. The molecule has 1 aromatic rings. The molecular formula is C19H27N. The average molecular weight is 269 g/mol. The van der Waals surface area contributed by atoms with E-state index in [1.165, 1.54) is 49.7 Å². The van der Waals surface area contributed by atoms with Crippen LogP contribution in [0, 0.1) is 24.7 Å². The first-order valence-electron chi connectivity index (χ1n) is 8.49. The fraction of sp³-hybridized carbons (Fsp3) is 0.684. The van der Waals surface area contributed by atoms with E-state index in [1.807, 2.05) is 0 Å². The molecular weight excluding hydrogens is 242 g/mol. The van der Waals surface area contributed by atoms with E-state index in [0.717, 1.165) is 29.9 Å². The molecule has 5 rings (SSSR count). The van der Waals surface area contributed by atoms with Crippen LogP contribution in [0.1, 0.15) is 62.1 Å². The predicted octanol–water partition coefficient (Wildman–Crippen LogP) is 4.61. The van der Waals surface area contributed by atoms with Crippen molar-refractivity contribution in [2.45, 2.75) is 64.2 Å². The third-order valence-corrected chi connectivity index (χ3v) is 6.50. The first-order valence-corrected chi connectivity index (χ1v) is 8.49. The van der Waals surface area contributed by atoms with Crippen molar-refractivity contribution in [2.75, 3.05) is 5.73 Å². The third kappa shape index (κ3) is 1.75. The van der Waals surface area contributed by atoms with Gasteiger partial charge in [0.05, 0.1) is 0 Å². The molecule has 4 aliphatic carbocycles. The van der Waals surface area contributed by atoms with Gasteiger partial charge < -0.3 is 5.73 Å². The van der Waals surface area contributed by atoms with Crippen molar-refractivity contribution in [2.24, 2.45) is 17.8 Å². The lowest BCUT2D eigenvalue weighted by Crippen LogP contribution is -2.48. The van der Waals surface area contributed by atoms with Gasteiger partial charge in [-0.15, -0.1) is 0 Å². The molecule has 0 unspecified atom stereocenters. The van der Waals surface area contributed by atoms with Crippen molar-refractivity contribution >= 4 is 5.69 Å². The van der Waals surface area contributed by atoms with Gasteiger partial charge in [-0.25, -0.2) is 0 Å². The summed E-state index contributed by atoms with van der Waals surface area (Å²) in [4.78, 5) is 0. The molecule has 4 fully saturated rings. The van der Waals surface area contributed by atoms with E-state index in [1.54, 1.807) is 5.56 Å². The molecule has 0 amide bonds. The van der Waals surface area contributed by atoms with Crippen molar-refractivity contribution in [3.8, 4) is 0 Å². The number of nitrogens with two attached hydrogens (primary N) is 1. The molecule has 4 bridgehead atoms. The zero-order chi connectivity index (χ0) is 13.9. The lowest BCUT2D eigenvalue weighted by Gasteiger charge is -2.57. The smallest absolute Gasteiger partial charge is 0.0376 e. The minimum Gasteiger partial charge on any atom is -0.398 e. The molecule has 1 nitrogen and oxygen atoms in total. The normalized spacial score (nSPS) is 38.4. The Bertz CT molecular complexity index is 508. The van der Waals surface area contributed by atoms with Gasteiger partial charge >= 0.3 is 0 Å². The number of nitrogen functional groups attached to an aromatic ring is 1. The summed E-state index contributed by atoms with van der Waals surface area (Å²) in [7, 11) is 0. The molecule has 20 heavy (non-hydrogen) atoms. The van der Waals surface area contributed by atoms with E-state index >= 15 is 0 Å². The van der Waals surface area contributed by atoms with Crippen molar-refractivity contribution in [1.82, 2.24) is 0 Å². The molecule has 0 heterocycles. The minimum absolute atomic E-state index is 0.511. The van der Waals surface area contributed by atoms with Crippen molar-refractivity contribution in [3.63, 3.8) is 0 Å². The van der Waals surface area contributed by atoms with Gasteiger partial charge in [0.1, 0.15) is 0 Å². The van der Waals surface area contributed by atoms with Crippen LogP contribution in [0.5, 0.6) is 0 Å². The van der Waals surface area contributed by atoms with Crippen LogP contribution in [-0.2, 0) is 11.8 Å². The number of anilines is 1. The van der Waals surface area contributed by atoms with Crippen LogP contribution in [0.3, 0.4) is 0 Å². The van der Waals surface area contributed by atoms with Crippen LogP contribution in [0.4, 0.5) is 5.69 Å². The van der Waals surface area contributed by atoms with E-state index in [0.29, 0.717) is 5.41 Å². The zero-order valence-electron chi connectivity index (χ0n) is 12.9. The maximum atomic E-state index is 6.25. The van der Waals surface area contributed by atoms with Gasteiger partial charge in [-0.05, 0) is 91.7 Å². The number of aryl methyl sites for hydroxylation is 2. The summed E-state index contributed by atoms with van der Waals surface area (Å²) in [5, 5.41) is 0. The van der Waals surface area contributed by atoms with Crippen LogP contribution in [0.25, 0.3) is 0 Å². The van der Waals surface area contributed by atoms with E-state index in [-0.39, 0.29) is 0 Å². The van der Waals surface area contributed by atoms with Gasteiger partial charge in [0.2, 0.25) is 0 Å². The molecule has 0 aromatic heterocycles. The Kier molecular flexibility index (Phi) is 2.71. The number of rotatable bonds is 2. The Morgan fingerprint density at radius 1 is 1.05 bits per heavy atom. The van der Waals surface area contributed by atoms with Crippen molar-refractivity contribution in [1.29, 1.82) is 0 Å². The van der Waals surface area contributed by atoms with Crippen molar-refractivity contribution in [3.05, 3.63) is 28.8 Å². The average Bonchev–Trinajstić information content (AvgIpc) is 2.40. The van der Waals surface area contributed by atoms with E-state index in [2.05, 4.69) is 26.0 Å². The van der Waals surface area contributed by atoms with E-state index < -0.39 is 0 Å². The fourth-order valence-corrected chi connectivity index (χ4v) is 5.93. The zero-order valence-corrected chi connectivity index (χ0v) is 12.9. The molecule has 0 aliphatic heterocycles. The molecule has 4 aliphatic rings. The van der Waals surface area contributed by atoms with E-state index in [4.69, 9.17) is 5.73 Å². The molecule has 108 valence electrons. The fourth-order valence-electron chi connectivity index (χ4n) is 5.93. The summed E-state index contributed by atoms with van der Waals surface area (Å²) in [5.74, 6) is 3.05. The molecule has 1 aromatic carbocycles. The maximum absolute atomic E-state index is 6.25. The minimum atomic E-state index is 0.511. The van der Waals surface area contributed by atoms with Crippen molar-refractivity contribution < 1.29 is 0 Å². The number of benzene rings is 1. The van der Waals surface area contributed by atoms with Gasteiger partial charge in [0.25, 0.3) is 0 Å². The first-order chi connectivity index (χ1) is 9.59. The number of hydrogen-bond acceptors (Lipinski definition) is 1. The SMILES string of the molecule is CCc1cc(C23CC4CC(CC(C4)C2)C3)cc(C)c1N. The molecule has 0 atom stereocenters. The molecule has 4 saturated carbocycles. The Balaban J connectivity index is 1.79. The van der Waals surface area contributed by atoms with E-state index in [9.17, 15) is 0 Å². The molecule has 0 radical (unpaired) electrons. The molecule has 0 spiro atoms. The lowest BCUT2D eigenvalue weighted by atomic mass is 9.48. The number of hydrogen-bond donors (Lipinski definition) is 1. The summed E-state index contributed by atoms with van der Waals surface area (Å²) >= 11 is 0. The Labute approximate surface area is 122 Å². The molecule has 0 saturated heterocycles. The third-order valence-electron chi connectivity index (χ3n) is 6.50. The van der Waals surface area contributed by atoms with Gasteiger partial charge in [0, 0.05) is 5.69 Å². The summed E-state index contributed by atoms with van der Waals surface area (Å²) in [6.07, 6.45) is 9.98. The summed E-state index contributed by atoms with van der Waals surface area (Å²) in [6, 6.07) is 4.87. The quantitative estimate of drug-likeness (QED) is 0.780. The molecule has 1 heteroatoms. The Morgan fingerprint density at radius 2 is 1.60 bits per heavy atom. The summed E-state index contributed by atoms with van der Waals surface area (Å²) < 4.78 is 0. The van der Waals surface area contributed by atoms with Gasteiger partial charge in [-0.2, -0.15) is 0 Å². The monoisotopic (exact) mass is 269 g/mol. The maximum Gasteiger partial charge on any atom is 0.0376 e. The first kappa shape index (κ1) is 12.7. The van der Waals surface area contributed by atoms with Gasteiger partial charge in [0.15, 0.2) is 0 Å². The Hall–Kier alpha value is -0.980. The van der Waals surface area contributed by atoms with Gasteiger partial charge in [-0.3, -0.25) is 0 Å². The van der Waals surface area contributed by atoms with Crippen LogP contribution in [0.2, 0.25) is 0 Å². The second-order valence-corrected chi connectivity index (χ2v) is 7.92. The predicted molar refractivity (Wildman–Crippen MR) is 84.8 cm³/mol. The summed E-state index contributed by atoms with van der Waals surface area (Å²) in [5.41, 5.74) is 12.1. The van der Waals surface area contributed by atoms with Crippen LogP contribution < -0.4 is 5.73 Å². The highest BCUT2D eigenvalue weighted by molar-refractivity contribution is 5.56. The Morgan fingerprint density at radius 3 is 2.10 bits per heavy atom. The molecule has 2 N–H and O–H groups in total. The van der Waals surface area contributed by atoms with Crippen LogP contribution in [0.15, 0.2) is 12.1 Å². The highest BCUT2D eigenvalue weighted by atomic mass is 14.6.